The van der Waals surface area contributed by atoms with Gasteiger partial charge in [-0.05, 0) is 31.7 Å². The summed E-state index contributed by atoms with van der Waals surface area (Å²) in [5, 5.41) is 6.02. The molecule has 0 amide bonds. The van der Waals surface area contributed by atoms with E-state index in [1.807, 2.05) is 0 Å². The van der Waals surface area contributed by atoms with Crippen molar-refractivity contribution in [3.8, 4) is 0 Å². The van der Waals surface area contributed by atoms with Crippen molar-refractivity contribution in [3.05, 3.63) is 35.1 Å². The van der Waals surface area contributed by atoms with Gasteiger partial charge in [-0.2, -0.15) is 13.2 Å². The van der Waals surface area contributed by atoms with E-state index < -0.39 is 17.6 Å². The molecule has 1 fully saturated rings. The average molecular weight is 517 g/mol. The maximum atomic E-state index is 13.2. The topological polar surface area (TPSA) is 42.9 Å². The fraction of sp³-hybridized carbons (Fsp3) is 0.611. The third kappa shape index (κ3) is 7.36. The molecule has 28 heavy (non-hydrogen) atoms. The van der Waals surface area contributed by atoms with E-state index >= 15 is 0 Å². The van der Waals surface area contributed by atoms with Crippen LogP contribution in [0.4, 0.5) is 17.6 Å². The van der Waals surface area contributed by atoms with Gasteiger partial charge < -0.3 is 15.5 Å². The van der Waals surface area contributed by atoms with Crippen LogP contribution in [0.5, 0.6) is 0 Å². The van der Waals surface area contributed by atoms with Gasteiger partial charge in [0, 0.05) is 52.4 Å². The summed E-state index contributed by atoms with van der Waals surface area (Å²) in [5.74, 6) is -0.497. The number of hydrogen-bond acceptors (Lipinski definition) is 3. The van der Waals surface area contributed by atoms with Crippen LogP contribution in [-0.2, 0) is 12.7 Å². The van der Waals surface area contributed by atoms with E-state index in [0.717, 1.165) is 38.3 Å². The van der Waals surface area contributed by atoms with Crippen molar-refractivity contribution in [2.75, 3.05) is 46.8 Å². The molecular weight excluding hydrogens is 489 g/mol. The first-order valence-electron chi connectivity index (χ1n) is 8.93. The van der Waals surface area contributed by atoms with Gasteiger partial charge in [0.05, 0.1) is 5.56 Å². The van der Waals surface area contributed by atoms with Crippen LogP contribution >= 0.6 is 24.0 Å². The number of hydrogen-bond donors (Lipinski definition) is 2. The lowest BCUT2D eigenvalue weighted by Crippen LogP contribution is -2.52. The summed E-state index contributed by atoms with van der Waals surface area (Å²) >= 11 is 0. The lowest BCUT2D eigenvalue weighted by Gasteiger charge is -2.36. The van der Waals surface area contributed by atoms with Crippen LogP contribution < -0.4 is 10.6 Å². The molecule has 1 unspecified atom stereocenters. The van der Waals surface area contributed by atoms with Crippen LogP contribution in [0.25, 0.3) is 0 Å². The molecule has 160 valence electrons. The molecule has 1 saturated heterocycles. The number of halogens is 5. The van der Waals surface area contributed by atoms with Crippen molar-refractivity contribution in [1.82, 2.24) is 20.4 Å². The third-order valence-corrected chi connectivity index (χ3v) is 4.77. The van der Waals surface area contributed by atoms with Crippen molar-refractivity contribution < 1.29 is 17.6 Å². The molecule has 1 aliphatic rings. The summed E-state index contributed by atoms with van der Waals surface area (Å²) in [7, 11) is 3.65. The Morgan fingerprint density at radius 1 is 1.18 bits per heavy atom. The molecule has 0 spiro atoms. The van der Waals surface area contributed by atoms with Crippen molar-refractivity contribution in [2.24, 2.45) is 4.99 Å². The Bertz CT molecular complexity index is 645. The van der Waals surface area contributed by atoms with Gasteiger partial charge >= 0.3 is 6.18 Å². The Hall–Kier alpha value is -1.14. The van der Waals surface area contributed by atoms with Gasteiger partial charge in [0.25, 0.3) is 0 Å². The number of nitrogens with zero attached hydrogens (tertiary/aromatic N) is 3. The van der Waals surface area contributed by atoms with Crippen LogP contribution in [0.15, 0.2) is 23.2 Å². The zero-order valence-electron chi connectivity index (χ0n) is 16.3. The quantitative estimate of drug-likeness (QED) is 0.273. The van der Waals surface area contributed by atoms with Crippen LogP contribution in [0, 0.1) is 5.82 Å². The predicted molar refractivity (Wildman–Crippen MR) is 114 cm³/mol. The van der Waals surface area contributed by atoms with Crippen molar-refractivity contribution in [3.63, 3.8) is 0 Å². The molecule has 10 heteroatoms. The number of alkyl halides is 3. The van der Waals surface area contributed by atoms with E-state index in [1.165, 1.54) is 0 Å². The Kier molecular flexibility index (Phi) is 9.91. The molecule has 0 radical (unpaired) electrons. The first-order valence-corrected chi connectivity index (χ1v) is 8.93. The van der Waals surface area contributed by atoms with E-state index in [0.29, 0.717) is 18.6 Å². The van der Waals surface area contributed by atoms with Crippen LogP contribution in [-0.4, -0.2) is 68.6 Å². The zero-order valence-corrected chi connectivity index (χ0v) is 18.6. The van der Waals surface area contributed by atoms with Gasteiger partial charge in [-0.1, -0.05) is 6.07 Å². The fourth-order valence-corrected chi connectivity index (χ4v) is 3.00. The Labute approximate surface area is 180 Å². The van der Waals surface area contributed by atoms with Crippen LogP contribution in [0.3, 0.4) is 0 Å². The summed E-state index contributed by atoms with van der Waals surface area (Å²) in [5.41, 5.74) is -1.00. The number of rotatable bonds is 5. The lowest BCUT2D eigenvalue weighted by molar-refractivity contribution is -0.138. The molecule has 1 aliphatic heterocycles. The van der Waals surface area contributed by atoms with Gasteiger partial charge in [-0.25, -0.2) is 4.39 Å². The maximum Gasteiger partial charge on any atom is 0.416 e. The second kappa shape index (κ2) is 11.1. The molecule has 1 aromatic rings. The molecule has 0 aromatic heterocycles. The highest BCUT2D eigenvalue weighted by Gasteiger charge is 2.33. The molecule has 0 saturated carbocycles. The molecule has 5 nitrogen and oxygen atoms in total. The maximum absolute atomic E-state index is 13.2. The molecule has 1 heterocycles. The van der Waals surface area contributed by atoms with E-state index in [2.05, 4.69) is 39.4 Å². The second-order valence-corrected chi connectivity index (χ2v) is 6.79. The highest BCUT2D eigenvalue weighted by Crippen LogP contribution is 2.32. The molecule has 1 atom stereocenters. The average Bonchev–Trinajstić information content (AvgIpc) is 2.62. The Morgan fingerprint density at radius 3 is 2.39 bits per heavy atom. The number of aliphatic imine (C=N–C) groups is 1. The van der Waals surface area contributed by atoms with Crippen molar-refractivity contribution in [1.29, 1.82) is 0 Å². The number of benzene rings is 1. The van der Waals surface area contributed by atoms with Gasteiger partial charge in [0.2, 0.25) is 0 Å². The van der Waals surface area contributed by atoms with E-state index in [1.54, 1.807) is 7.05 Å². The lowest BCUT2D eigenvalue weighted by atomic mass is 10.1. The van der Waals surface area contributed by atoms with Crippen molar-refractivity contribution >= 4 is 29.9 Å². The number of guanidine groups is 1. The summed E-state index contributed by atoms with van der Waals surface area (Å²) in [6.45, 7) is 6.62. The monoisotopic (exact) mass is 517 g/mol. The van der Waals surface area contributed by atoms with Gasteiger partial charge in [0.15, 0.2) is 5.96 Å². The number of likely N-dealkylation sites (N-methyl/N-ethyl adjacent to an activating group) is 1. The smallest absolute Gasteiger partial charge is 0.355 e. The fourth-order valence-electron chi connectivity index (χ4n) is 3.00. The predicted octanol–water partition coefficient (Wildman–Crippen LogP) is 2.76. The highest BCUT2D eigenvalue weighted by atomic mass is 127. The minimum Gasteiger partial charge on any atom is -0.355 e. The van der Waals surface area contributed by atoms with Gasteiger partial charge in [0.1, 0.15) is 5.82 Å². The highest BCUT2D eigenvalue weighted by molar-refractivity contribution is 14.0. The molecule has 0 aliphatic carbocycles. The molecule has 0 bridgehead atoms. The van der Waals surface area contributed by atoms with Crippen molar-refractivity contribution in [2.45, 2.75) is 25.7 Å². The summed E-state index contributed by atoms with van der Waals surface area (Å²) < 4.78 is 52.4. The summed E-state index contributed by atoms with van der Waals surface area (Å²) in [6, 6.07) is 2.96. The molecule has 2 rings (SSSR count). The molecular formula is C18H28F4IN5. The SMILES string of the molecule is CN=C(NCc1ccc(F)cc1C(F)(F)F)NCC(C)N1CCN(C)CC1.I. The third-order valence-electron chi connectivity index (χ3n) is 4.77. The number of piperazine rings is 1. The molecule has 1 aromatic carbocycles. The van der Waals surface area contributed by atoms with Gasteiger partial charge in [-0.15, -0.1) is 24.0 Å². The minimum absolute atomic E-state index is 0. The summed E-state index contributed by atoms with van der Waals surface area (Å²) in [6.07, 6.45) is -4.61. The van der Waals surface area contributed by atoms with Gasteiger partial charge in [-0.3, -0.25) is 9.89 Å². The first kappa shape index (κ1) is 24.9. The minimum atomic E-state index is -4.61. The zero-order chi connectivity index (χ0) is 20.0. The van der Waals surface area contributed by atoms with E-state index in [4.69, 9.17) is 0 Å². The first-order chi connectivity index (χ1) is 12.7. The van der Waals surface area contributed by atoms with Crippen LogP contribution in [0.1, 0.15) is 18.1 Å². The second-order valence-electron chi connectivity index (χ2n) is 6.79. The largest absolute Gasteiger partial charge is 0.416 e. The number of nitrogens with one attached hydrogen (secondary N) is 2. The standard InChI is InChI=1S/C18H27F4N5.HI/c1-13(27-8-6-26(3)7-9-27)11-24-17(23-2)25-12-14-4-5-15(19)10-16(14)18(20,21)22;/h4-5,10,13H,6-9,11-12H2,1-3H3,(H2,23,24,25);1H. The van der Waals surface area contributed by atoms with E-state index in [-0.39, 0.29) is 42.1 Å². The normalized spacial score (nSPS) is 17.8. The summed E-state index contributed by atoms with van der Waals surface area (Å²) in [4.78, 5) is 8.69. The molecule has 2 N–H and O–H groups in total. The van der Waals surface area contributed by atoms with Crippen LogP contribution in [0.2, 0.25) is 0 Å². The van der Waals surface area contributed by atoms with E-state index in [9.17, 15) is 17.6 Å². The Balaban J connectivity index is 0.00000392. The Morgan fingerprint density at radius 2 is 1.82 bits per heavy atom.